The lowest BCUT2D eigenvalue weighted by Crippen LogP contribution is -2.27. The smallest absolute Gasteiger partial charge is 0.102 e. The number of rotatable bonds is 1. The zero-order chi connectivity index (χ0) is 9.97. The molecule has 0 saturated carbocycles. The minimum Gasteiger partial charge on any atom is -0.357 e. The molecule has 0 fully saturated rings. The Bertz CT molecular complexity index is 355. The second-order valence-electron chi connectivity index (χ2n) is 3.64. The van der Waals surface area contributed by atoms with Gasteiger partial charge in [-0.15, -0.1) is 0 Å². The van der Waals surface area contributed by atoms with Crippen LogP contribution in [0.25, 0.3) is 0 Å². The first-order valence-electron chi connectivity index (χ1n) is 5.07. The molecule has 1 aliphatic rings. The molecule has 1 aromatic rings. The van der Waals surface area contributed by atoms with E-state index in [4.69, 9.17) is 0 Å². The molecule has 0 atom stereocenters. The summed E-state index contributed by atoms with van der Waals surface area (Å²) < 4.78 is 0. The quantitative estimate of drug-likeness (QED) is 0.729. The van der Waals surface area contributed by atoms with Crippen molar-refractivity contribution in [2.45, 2.75) is 19.9 Å². The molecule has 1 aliphatic heterocycles. The van der Waals surface area contributed by atoms with Crippen molar-refractivity contribution in [1.29, 1.82) is 0 Å². The second kappa shape index (κ2) is 3.74. The summed E-state index contributed by atoms with van der Waals surface area (Å²) in [5.41, 5.74) is 2.61. The van der Waals surface area contributed by atoms with E-state index in [1.54, 1.807) is 0 Å². The van der Waals surface area contributed by atoms with E-state index in [-0.39, 0.29) is 0 Å². The molecular weight excluding hydrogens is 172 g/mol. The molecule has 1 aromatic carbocycles. The molecule has 0 radical (unpaired) electrons. The van der Waals surface area contributed by atoms with Gasteiger partial charge in [0.15, 0.2) is 0 Å². The predicted molar refractivity (Wildman–Crippen MR) is 59.9 cm³/mol. The zero-order valence-corrected chi connectivity index (χ0v) is 8.75. The molecule has 0 aromatic heterocycles. The van der Waals surface area contributed by atoms with Gasteiger partial charge in [0.05, 0.1) is 0 Å². The summed E-state index contributed by atoms with van der Waals surface area (Å²) in [5, 5.41) is 3.43. The van der Waals surface area contributed by atoms with Crippen LogP contribution in [0.1, 0.15) is 18.9 Å². The topological polar surface area (TPSA) is 15.3 Å². The first-order chi connectivity index (χ1) is 6.81. The molecule has 0 aliphatic carbocycles. The predicted octanol–water partition coefficient (Wildman–Crippen LogP) is 2.80. The Balaban J connectivity index is 2.31. The molecule has 2 heteroatoms. The van der Waals surface area contributed by atoms with Gasteiger partial charge in [-0.3, -0.25) is 0 Å². The van der Waals surface area contributed by atoms with Gasteiger partial charge in [-0.25, -0.2) is 0 Å². The van der Waals surface area contributed by atoms with Gasteiger partial charge in [0.1, 0.15) is 5.82 Å². The molecule has 74 valence electrons. The van der Waals surface area contributed by atoms with Gasteiger partial charge in [0.2, 0.25) is 0 Å². The highest BCUT2D eigenvalue weighted by molar-refractivity contribution is 5.56. The van der Waals surface area contributed by atoms with Crippen LogP contribution >= 0.6 is 0 Å². The van der Waals surface area contributed by atoms with Gasteiger partial charge in [0, 0.05) is 19.3 Å². The Kier molecular flexibility index (Phi) is 2.44. The van der Waals surface area contributed by atoms with E-state index in [1.807, 2.05) is 0 Å². The SMILES string of the molecule is CC/C=C1/Nc2ccccc2CN1C. The van der Waals surface area contributed by atoms with Gasteiger partial charge in [-0.05, 0) is 24.1 Å². The van der Waals surface area contributed by atoms with Crippen molar-refractivity contribution < 1.29 is 0 Å². The van der Waals surface area contributed by atoms with Gasteiger partial charge in [-0.1, -0.05) is 25.1 Å². The molecule has 2 rings (SSSR count). The number of nitrogens with zero attached hydrogens (tertiary/aromatic N) is 1. The van der Waals surface area contributed by atoms with Gasteiger partial charge in [0.25, 0.3) is 0 Å². The lowest BCUT2D eigenvalue weighted by Gasteiger charge is -2.30. The maximum atomic E-state index is 3.43. The Morgan fingerprint density at radius 3 is 3.00 bits per heavy atom. The Hall–Kier alpha value is -1.44. The summed E-state index contributed by atoms with van der Waals surface area (Å²) in [7, 11) is 2.12. The summed E-state index contributed by atoms with van der Waals surface area (Å²) in [6.45, 7) is 3.15. The number of hydrogen-bond donors (Lipinski definition) is 1. The van der Waals surface area contributed by atoms with Crippen molar-refractivity contribution in [3.63, 3.8) is 0 Å². The minimum absolute atomic E-state index is 0.995. The minimum atomic E-state index is 0.995. The Morgan fingerprint density at radius 1 is 1.43 bits per heavy atom. The second-order valence-corrected chi connectivity index (χ2v) is 3.64. The van der Waals surface area contributed by atoms with E-state index in [2.05, 4.69) is 54.5 Å². The number of nitrogens with one attached hydrogen (secondary N) is 1. The van der Waals surface area contributed by atoms with Gasteiger partial charge < -0.3 is 10.2 Å². The zero-order valence-electron chi connectivity index (χ0n) is 8.75. The van der Waals surface area contributed by atoms with Crippen LogP contribution in [0, 0.1) is 0 Å². The summed E-state index contributed by atoms with van der Waals surface area (Å²) in [6.07, 6.45) is 3.28. The van der Waals surface area contributed by atoms with Crippen LogP contribution in [0.2, 0.25) is 0 Å². The molecule has 14 heavy (non-hydrogen) atoms. The monoisotopic (exact) mass is 188 g/mol. The summed E-state index contributed by atoms with van der Waals surface area (Å²) in [4.78, 5) is 2.24. The van der Waals surface area contributed by atoms with Crippen molar-refractivity contribution in [1.82, 2.24) is 4.90 Å². The Morgan fingerprint density at radius 2 is 2.21 bits per heavy atom. The average Bonchev–Trinajstić information content (AvgIpc) is 2.19. The highest BCUT2D eigenvalue weighted by atomic mass is 15.2. The number of benzene rings is 1. The van der Waals surface area contributed by atoms with Crippen molar-refractivity contribution in [2.24, 2.45) is 0 Å². The first kappa shape index (κ1) is 9.13. The fourth-order valence-electron chi connectivity index (χ4n) is 1.75. The molecule has 0 saturated heterocycles. The molecule has 0 bridgehead atoms. The van der Waals surface area contributed by atoms with Gasteiger partial charge >= 0.3 is 0 Å². The van der Waals surface area contributed by atoms with Crippen LogP contribution < -0.4 is 5.32 Å². The van der Waals surface area contributed by atoms with Crippen LogP contribution in [0.4, 0.5) is 5.69 Å². The lowest BCUT2D eigenvalue weighted by atomic mass is 10.1. The van der Waals surface area contributed by atoms with Crippen LogP contribution in [-0.4, -0.2) is 11.9 Å². The van der Waals surface area contributed by atoms with Crippen molar-refractivity contribution in [2.75, 3.05) is 12.4 Å². The van der Waals surface area contributed by atoms with Crippen LogP contribution in [0.5, 0.6) is 0 Å². The molecule has 2 nitrogen and oxygen atoms in total. The number of hydrogen-bond acceptors (Lipinski definition) is 2. The van der Waals surface area contributed by atoms with E-state index >= 15 is 0 Å². The van der Waals surface area contributed by atoms with E-state index < -0.39 is 0 Å². The molecular formula is C12H16N2. The van der Waals surface area contributed by atoms with Crippen molar-refractivity contribution in [3.8, 4) is 0 Å². The third-order valence-electron chi connectivity index (χ3n) is 2.50. The molecule has 0 unspecified atom stereocenters. The summed E-state index contributed by atoms with van der Waals surface area (Å²) >= 11 is 0. The fraction of sp³-hybridized carbons (Fsp3) is 0.333. The normalized spacial score (nSPS) is 17.9. The molecule has 0 amide bonds. The van der Waals surface area contributed by atoms with Crippen LogP contribution in [-0.2, 0) is 6.54 Å². The standard InChI is InChI=1S/C12H16N2/c1-3-6-12-13-11-8-5-4-7-10(11)9-14(12)2/h4-8,13H,3,9H2,1-2H3/b12-6-. The molecule has 0 spiro atoms. The van der Waals surface area contributed by atoms with Crippen LogP contribution in [0.3, 0.4) is 0 Å². The molecule has 1 heterocycles. The lowest BCUT2D eigenvalue weighted by molar-refractivity contribution is 0.404. The number of para-hydroxylation sites is 1. The van der Waals surface area contributed by atoms with Crippen LogP contribution in [0.15, 0.2) is 36.2 Å². The first-order valence-corrected chi connectivity index (χ1v) is 5.07. The van der Waals surface area contributed by atoms with E-state index in [0.717, 1.165) is 13.0 Å². The third kappa shape index (κ3) is 1.60. The van der Waals surface area contributed by atoms with E-state index in [9.17, 15) is 0 Å². The maximum Gasteiger partial charge on any atom is 0.102 e. The molecule has 1 N–H and O–H groups in total. The highest BCUT2D eigenvalue weighted by Crippen LogP contribution is 2.25. The average molecular weight is 188 g/mol. The largest absolute Gasteiger partial charge is 0.357 e. The fourth-order valence-corrected chi connectivity index (χ4v) is 1.75. The number of anilines is 1. The van der Waals surface area contributed by atoms with Gasteiger partial charge in [-0.2, -0.15) is 0 Å². The number of fused-ring (bicyclic) bond motifs is 1. The highest BCUT2D eigenvalue weighted by Gasteiger charge is 2.14. The maximum absolute atomic E-state index is 3.43. The van der Waals surface area contributed by atoms with Crippen molar-refractivity contribution in [3.05, 3.63) is 41.7 Å². The number of allylic oxidation sites excluding steroid dienone is 1. The Labute approximate surface area is 85.2 Å². The van der Waals surface area contributed by atoms with E-state index in [1.165, 1.54) is 17.1 Å². The summed E-state index contributed by atoms with van der Waals surface area (Å²) in [5.74, 6) is 1.21. The summed E-state index contributed by atoms with van der Waals surface area (Å²) in [6, 6.07) is 8.46. The third-order valence-corrected chi connectivity index (χ3v) is 2.50. The van der Waals surface area contributed by atoms with E-state index in [0.29, 0.717) is 0 Å². The van der Waals surface area contributed by atoms with Crippen molar-refractivity contribution >= 4 is 5.69 Å².